The number of rotatable bonds is 2. The van der Waals surface area contributed by atoms with Gasteiger partial charge in [-0.1, -0.05) is 5.16 Å². The Morgan fingerprint density at radius 2 is 2.00 bits per heavy atom. The largest absolute Gasteiger partial charge is 0.396 e. The number of aliphatic hydroxyl groups is 1. The van der Waals surface area contributed by atoms with Crippen LogP contribution in [0.4, 0.5) is 13.2 Å². The van der Waals surface area contributed by atoms with Crippen molar-refractivity contribution in [3.05, 3.63) is 11.7 Å². The molecule has 0 unspecified atom stereocenters. The van der Waals surface area contributed by atoms with Gasteiger partial charge in [-0.15, -0.1) is 0 Å². The Kier molecular flexibility index (Phi) is 3.09. The minimum atomic E-state index is -4.38. The Labute approximate surface area is 95.0 Å². The SMILES string of the molecule is OC1(c2nc(CC(F)(F)F)no2)CCNCC1. The zero-order valence-electron chi connectivity index (χ0n) is 8.92. The van der Waals surface area contributed by atoms with Crippen molar-refractivity contribution in [1.29, 1.82) is 0 Å². The van der Waals surface area contributed by atoms with E-state index in [1.54, 1.807) is 0 Å². The minimum Gasteiger partial charge on any atom is -0.380 e. The first-order chi connectivity index (χ1) is 7.89. The van der Waals surface area contributed by atoms with E-state index < -0.39 is 24.0 Å². The number of hydrogen-bond donors (Lipinski definition) is 2. The first kappa shape index (κ1) is 12.3. The monoisotopic (exact) mass is 251 g/mol. The highest BCUT2D eigenvalue weighted by Gasteiger charge is 2.38. The van der Waals surface area contributed by atoms with Gasteiger partial charge in [0.1, 0.15) is 12.0 Å². The van der Waals surface area contributed by atoms with Gasteiger partial charge in [0.05, 0.1) is 0 Å². The number of alkyl halides is 3. The van der Waals surface area contributed by atoms with E-state index >= 15 is 0 Å². The fourth-order valence-electron chi connectivity index (χ4n) is 1.75. The van der Waals surface area contributed by atoms with E-state index in [9.17, 15) is 18.3 Å². The molecule has 1 fully saturated rings. The summed E-state index contributed by atoms with van der Waals surface area (Å²) >= 11 is 0. The maximum atomic E-state index is 12.1. The molecule has 96 valence electrons. The van der Waals surface area contributed by atoms with Crippen LogP contribution in [-0.4, -0.2) is 34.5 Å². The minimum absolute atomic E-state index is 0.127. The van der Waals surface area contributed by atoms with Gasteiger partial charge in [0.2, 0.25) is 0 Å². The van der Waals surface area contributed by atoms with E-state index in [2.05, 4.69) is 15.5 Å². The zero-order chi connectivity index (χ0) is 12.5. The van der Waals surface area contributed by atoms with Gasteiger partial charge in [-0.2, -0.15) is 18.2 Å². The van der Waals surface area contributed by atoms with Gasteiger partial charge in [0, 0.05) is 0 Å². The van der Waals surface area contributed by atoms with Crippen molar-refractivity contribution in [3.63, 3.8) is 0 Å². The van der Waals surface area contributed by atoms with Gasteiger partial charge >= 0.3 is 6.18 Å². The van der Waals surface area contributed by atoms with E-state index in [1.165, 1.54) is 0 Å². The molecule has 0 saturated carbocycles. The summed E-state index contributed by atoms with van der Waals surface area (Å²) in [6, 6.07) is 0. The summed E-state index contributed by atoms with van der Waals surface area (Å²) in [4.78, 5) is 3.62. The van der Waals surface area contributed by atoms with E-state index in [0.29, 0.717) is 25.9 Å². The number of nitrogens with zero attached hydrogens (tertiary/aromatic N) is 2. The van der Waals surface area contributed by atoms with E-state index in [4.69, 9.17) is 4.52 Å². The molecule has 1 aromatic rings. The van der Waals surface area contributed by atoms with Crippen molar-refractivity contribution < 1.29 is 22.8 Å². The molecule has 17 heavy (non-hydrogen) atoms. The van der Waals surface area contributed by atoms with E-state index in [1.807, 2.05) is 0 Å². The Morgan fingerprint density at radius 1 is 1.35 bits per heavy atom. The van der Waals surface area contributed by atoms with Crippen LogP contribution in [0.1, 0.15) is 24.6 Å². The molecule has 2 N–H and O–H groups in total. The van der Waals surface area contributed by atoms with Gasteiger partial charge < -0.3 is 14.9 Å². The molecule has 0 spiro atoms. The number of aromatic nitrogens is 2. The molecule has 1 saturated heterocycles. The normalized spacial score (nSPS) is 20.5. The summed E-state index contributed by atoms with van der Waals surface area (Å²) in [7, 11) is 0. The molecule has 2 rings (SSSR count). The number of halogens is 3. The average Bonchev–Trinajstić information content (AvgIpc) is 2.65. The molecule has 1 aromatic heterocycles. The fourth-order valence-corrected chi connectivity index (χ4v) is 1.75. The van der Waals surface area contributed by atoms with Crippen LogP contribution in [0.25, 0.3) is 0 Å². The Balaban J connectivity index is 2.12. The summed E-state index contributed by atoms with van der Waals surface area (Å²) in [5.41, 5.74) is -1.30. The van der Waals surface area contributed by atoms with Crippen molar-refractivity contribution in [3.8, 4) is 0 Å². The van der Waals surface area contributed by atoms with Crippen LogP contribution >= 0.6 is 0 Å². The quantitative estimate of drug-likeness (QED) is 0.811. The third-order valence-electron chi connectivity index (χ3n) is 2.66. The molecule has 0 atom stereocenters. The molecule has 1 aliphatic rings. The lowest BCUT2D eigenvalue weighted by Crippen LogP contribution is -2.40. The summed E-state index contributed by atoms with van der Waals surface area (Å²) in [5.74, 6) is -0.572. The lowest BCUT2D eigenvalue weighted by molar-refractivity contribution is -0.128. The molecule has 2 heterocycles. The predicted octanol–water partition coefficient (Wildman–Crippen LogP) is 0.745. The standard InChI is InChI=1S/C9H12F3N3O2/c10-9(11,12)5-6-14-7(17-15-6)8(16)1-3-13-4-2-8/h13,16H,1-5H2. The lowest BCUT2D eigenvalue weighted by atomic mass is 9.92. The van der Waals surface area contributed by atoms with Gasteiger partial charge in [0.15, 0.2) is 5.82 Å². The van der Waals surface area contributed by atoms with Gasteiger partial charge in [0.25, 0.3) is 5.89 Å². The molecule has 0 aromatic carbocycles. The Bertz CT molecular complexity index is 385. The molecule has 0 bridgehead atoms. The van der Waals surface area contributed by atoms with Crippen LogP contribution in [0.5, 0.6) is 0 Å². The second kappa shape index (κ2) is 4.26. The molecule has 1 aliphatic heterocycles. The topological polar surface area (TPSA) is 71.2 Å². The Hall–Kier alpha value is -1.15. The van der Waals surface area contributed by atoms with Crippen LogP contribution < -0.4 is 5.32 Å². The first-order valence-electron chi connectivity index (χ1n) is 5.22. The summed E-state index contributed by atoms with van der Waals surface area (Å²) < 4.78 is 41.0. The highest BCUT2D eigenvalue weighted by atomic mass is 19.4. The number of nitrogens with one attached hydrogen (secondary N) is 1. The average molecular weight is 251 g/mol. The summed E-state index contributed by atoms with van der Waals surface area (Å²) in [6.45, 7) is 1.13. The third-order valence-corrected chi connectivity index (χ3v) is 2.66. The van der Waals surface area contributed by atoms with Crippen molar-refractivity contribution in [1.82, 2.24) is 15.5 Å². The molecule has 5 nitrogen and oxygen atoms in total. The lowest BCUT2D eigenvalue weighted by Gasteiger charge is -2.28. The fraction of sp³-hybridized carbons (Fsp3) is 0.778. The Morgan fingerprint density at radius 3 is 2.59 bits per heavy atom. The van der Waals surface area contributed by atoms with Crippen molar-refractivity contribution in [2.24, 2.45) is 0 Å². The molecular formula is C9H12F3N3O2. The molecule has 0 aliphatic carbocycles. The van der Waals surface area contributed by atoms with Crippen LogP contribution in [-0.2, 0) is 12.0 Å². The van der Waals surface area contributed by atoms with Crippen molar-refractivity contribution in [2.75, 3.05) is 13.1 Å². The maximum absolute atomic E-state index is 12.1. The van der Waals surface area contributed by atoms with Gasteiger partial charge in [-0.05, 0) is 25.9 Å². The molecular weight excluding hydrogens is 239 g/mol. The van der Waals surface area contributed by atoms with Gasteiger partial charge in [-0.3, -0.25) is 0 Å². The second-order valence-electron chi connectivity index (χ2n) is 4.09. The van der Waals surface area contributed by atoms with Crippen LogP contribution in [0.3, 0.4) is 0 Å². The highest BCUT2D eigenvalue weighted by Crippen LogP contribution is 2.29. The van der Waals surface area contributed by atoms with E-state index in [-0.39, 0.29) is 5.89 Å². The molecule has 8 heteroatoms. The summed E-state index contributed by atoms with van der Waals surface area (Å²) in [5, 5.41) is 16.4. The second-order valence-corrected chi connectivity index (χ2v) is 4.09. The van der Waals surface area contributed by atoms with Crippen LogP contribution in [0.2, 0.25) is 0 Å². The van der Waals surface area contributed by atoms with Gasteiger partial charge in [-0.25, -0.2) is 0 Å². The van der Waals surface area contributed by atoms with Crippen LogP contribution in [0.15, 0.2) is 4.52 Å². The third kappa shape index (κ3) is 2.95. The number of piperidine rings is 1. The zero-order valence-corrected chi connectivity index (χ0v) is 8.92. The van der Waals surface area contributed by atoms with Crippen LogP contribution in [0, 0.1) is 0 Å². The smallest absolute Gasteiger partial charge is 0.380 e. The van der Waals surface area contributed by atoms with E-state index in [0.717, 1.165) is 0 Å². The highest BCUT2D eigenvalue weighted by molar-refractivity contribution is 5.01. The van der Waals surface area contributed by atoms with Crippen molar-refractivity contribution in [2.45, 2.75) is 31.0 Å². The molecule has 0 radical (unpaired) electrons. The number of hydrogen-bond acceptors (Lipinski definition) is 5. The van der Waals surface area contributed by atoms with Crippen molar-refractivity contribution >= 4 is 0 Å². The summed E-state index contributed by atoms with van der Waals surface area (Å²) in [6.07, 6.45) is -4.93. The first-order valence-corrected chi connectivity index (χ1v) is 5.22. The maximum Gasteiger partial charge on any atom is 0.396 e. The molecule has 0 amide bonds. The predicted molar refractivity (Wildman–Crippen MR) is 50.1 cm³/mol.